The number of nitrogens with zero attached hydrogens (tertiary/aromatic N) is 3. The fraction of sp³-hybridized carbons (Fsp3) is 0.147. The summed E-state index contributed by atoms with van der Waals surface area (Å²) in [7, 11) is 2.96. The third-order valence-corrected chi connectivity index (χ3v) is 8.33. The molecule has 232 valence electrons. The number of carbonyl (C=O) groups is 1. The molecule has 1 aliphatic rings. The number of nitro groups is 1. The number of benzene rings is 3. The van der Waals surface area contributed by atoms with E-state index in [0.29, 0.717) is 49.0 Å². The molecule has 1 aliphatic heterocycles. The van der Waals surface area contributed by atoms with Gasteiger partial charge in [-0.15, -0.1) is 0 Å². The average Bonchev–Trinajstić information content (AvgIpc) is 3.67. The number of methoxy groups -OCH3 is 2. The highest BCUT2D eigenvalue weighted by atomic mass is 32.1. The normalized spacial score (nSPS) is 14.4. The first-order valence-corrected chi connectivity index (χ1v) is 15.0. The molecule has 11 nitrogen and oxygen atoms in total. The Hall–Kier alpha value is -5.75. The van der Waals surface area contributed by atoms with Crippen molar-refractivity contribution >= 4 is 34.8 Å². The van der Waals surface area contributed by atoms with Crippen molar-refractivity contribution in [2.75, 3.05) is 20.8 Å². The van der Waals surface area contributed by atoms with Gasteiger partial charge in [0.25, 0.3) is 11.2 Å². The smallest absolute Gasteiger partial charge is 0.338 e. The number of hydrogen-bond acceptors (Lipinski definition) is 10. The Labute approximate surface area is 266 Å². The lowest BCUT2D eigenvalue weighted by Gasteiger charge is -2.26. The van der Waals surface area contributed by atoms with Crippen molar-refractivity contribution in [3.05, 3.63) is 137 Å². The van der Waals surface area contributed by atoms with Crippen LogP contribution in [0.4, 0.5) is 5.69 Å². The van der Waals surface area contributed by atoms with Crippen molar-refractivity contribution in [2.24, 2.45) is 4.99 Å². The van der Waals surface area contributed by atoms with E-state index in [1.807, 2.05) is 36.4 Å². The van der Waals surface area contributed by atoms with Crippen LogP contribution in [0, 0.1) is 10.1 Å². The summed E-state index contributed by atoms with van der Waals surface area (Å²) in [5, 5.41) is 11.2. The number of furan rings is 1. The maximum atomic E-state index is 14.2. The van der Waals surface area contributed by atoms with E-state index in [9.17, 15) is 19.7 Å². The number of carbonyl (C=O) groups excluding carboxylic acids is 1. The summed E-state index contributed by atoms with van der Waals surface area (Å²) >= 11 is 1.16. The summed E-state index contributed by atoms with van der Waals surface area (Å²) < 4.78 is 24.2. The summed E-state index contributed by atoms with van der Waals surface area (Å²) in [6.07, 6.45) is 1.60. The third kappa shape index (κ3) is 5.61. The lowest BCUT2D eigenvalue weighted by molar-refractivity contribution is -0.384. The zero-order chi connectivity index (χ0) is 32.4. The number of thiazole rings is 1. The van der Waals surface area contributed by atoms with Crippen LogP contribution in [0.15, 0.2) is 105 Å². The highest BCUT2D eigenvalue weighted by Crippen LogP contribution is 2.37. The number of ether oxygens (including phenoxy) is 3. The van der Waals surface area contributed by atoms with Gasteiger partial charge in [-0.3, -0.25) is 19.5 Å². The molecule has 0 unspecified atom stereocenters. The van der Waals surface area contributed by atoms with Crippen LogP contribution in [0.25, 0.3) is 23.1 Å². The predicted molar refractivity (Wildman–Crippen MR) is 171 cm³/mol. The van der Waals surface area contributed by atoms with Gasteiger partial charge in [-0.2, -0.15) is 0 Å². The molecule has 0 bridgehead atoms. The van der Waals surface area contributed by atoms with E-state index < -0.39 is 16.9 Å². The number of fused-ring (bicyclic) bond motifs is 1. The van der Waals surface area contributed by atoms with Crippen molar-refractivity contribution in [1.29, 1.82) is 0 Å². The third-order valence-electron chi connectivity index (χ3n) is 7.34. The van der Waals surface area contributed by atoms with E-state index in [1.54, 1.807) is 56.5 Å². The van der Waals surface area contributed by atoms with Gasteiger partial charge in [0.05, 0.1) is 59.2 Å². The molecule has 5 aromatic rings. The quantitative estimate of drug-likeness (QED) is 0.123. The molecular formula is C34H27N3O8S. The monoisotopic (exact) mass is 637 g/mol. The van der Waals surface area contributed by atoms with Gasteiger partial charge in [0, 0.05) is 17.7 Å². The number of esters is 1. The molecule has 3 aromatic carbocycles. The Kier molecular flexibility index (Phi) is 8.36. The number of aromatic nitrogens is 1. The lowest BCUT2D eigenvalue weighted by atomic mass is 9.93. The summed E-state index contributed by atoms with van der Waals surface area (Å²) in [5.74, 6) is 1.01. The van der Waals surface area contributed by atoms with Gasteiger partial charge < -0.3 is 18.6 Å². The van der Waals surface area contributed by atoms with Crippen LogP contribution in [-0.2, 0) is 9.53 Å². The number of hydrogen-bond donors (Lipinski definition) is 0. The first-order chi connectivity index (χ1) is 22.3. The fourth-order valence-corrected chi connectivity index (χ4v) is 6.25. The highest BCUT2D eigenvalue weighted by molar-refractivity contribution is 7.07. The van der Waals surface area contributed by atoms with Gasteiger partial charge in [0.15, 0.2) is 4.80 Å². The maximum absolute atomic E-state index is 14.2. The molecule has 1 atom stereocenters. The molecule has 0 amide bonds. The minimum Gasteiger partial charge on any atom is -0.497 e. The molecule has 46 heavy (non-hydrogen) atoms. The molecule has 2 aromatic heterocycles. The zero-order valence-electron chi connectivity index (χ0n) is 25.0. The largest absolute Gasteiger partial charge is 0.497 e. The van der Waals surface area contributed by atoms with Crippen LogP contribution in [0.2, 0.25) is 0 Å². The van der Waals surface area contributed by atoms with E-state index in [-0.39, 0.29) is 29.2 Å². The van der Waals surface area contributed by atoms with Crippen LogP contribution >= 0.6 is 11.3 Å². The fourth-order valence-electron chi connectivity index (χ4n) is 5.27. The van der Waals surface area contributed by atoms with Gasteiger partial charge in [0.2, 0.25) is 0 Å². The van der Waals surface area contributed by atoms with Gasteiger partial charge in [-0.05, 0) is 42.8 Å². The topological polar surface area (TPSA) is 135 Å². The van der Waals surface area contributed by atoms with Gasteiger partial charge in [-0.25, -0.2) is 9.79 Å². The number of rotatable bonds is 9. The van der Waals surface area contributed by atoms with Gasteiger partial charge in [-0.1, -0.05) is 53.8 Å². The first kappa shape index (κ1) is 30.3. The van der Waals surface area contributed by atoms with E-state index in [2.05, 4.69) is 0 Å². The van der Waals surface area contributed by atoms with E-state index in [4.69, 9.17) is 23.6 Å². The summed E-state index contributed by atoms with van der Waals surface area (Å²) in [4.78, 5) is 43.7. The maximum Gasteiger partial charge on any atom is 0.338 e. The lowest BCUT2D eigenvalue weighted by Crippen LogP contribution is -2.40. The van der Waals surface area contributed by atoms with Crippen molar-refractivity contribution in [1.82, 2.24) is 4.57 Å². The van der Waals surface area contributed by atoms with Gasteiger partial charge in [0.1, 0.15) is 23.0 Å². The van der Waals surface area contributed by atoms with Crippen molar-refractivity contribution < 1.29 is 28.3 Å². The molecule has 6 rings (SSSR count). The number of nitro benzene ring substituents is 1. The van der Waals surface area contributed by atoms with Gasteiger partial charge >= 0.3 is 5.97 Å². The molecule has 0 radical (unpaired) electrons. The van der Waals surface area contributed by atoms with Crippen LogP contribution < -0.4 is 24.4 Å². The first-order valence-electron chi connectivity index (χ1n) is 14.2. The minimum atomic E-state index is -0.862. The summed E-state index contributed by atoms with van der Waals surface area (Å²) in [5.41, 5.74) is 2.00. The predicted octanol–water partition coefficient (Wildman–Crippen LogP) is 5.12. The van der Waals surface area contributed by atoms with Crippen LogP contribution in [-0.4, -0.2) is 36.3 Å². The second kappa shape index (κ2) is 12.7. The second-order valence-corrected chi connectivity index (χ2v) is 11.1. The van der Waals surface area contributed by atoms with Crippen molar-refractivity contribution in [3.63, 3.8) is 0 Å². The van der Waals surface area contributed by atoms with E-state index >= 15 is 0 Å². The van der Waals surface area contributed by atoms with E-state index in [1.165, 1.54) is 23.8 Å². The average molecular weight is 638 g/mol. The molecule has 0 aliphatic carbocycles. The number of non-ortho nitro benzene ring substituents is 1. The highest BCUT2D eigenvalue weighted by Gasteiger charge is 2.35. The Morgan fingerprint density at radius 1 is 1.04 bits per heavy atom. The van der Waals surface area contributed by atoms with Crippen molar-refractivity contribution in [2.45, 2.75) is 13.0 Å². The standard InChI is InChI=1S/C34H27N3O8S/c1-4-44-33(39)29-30(20-9-6-5-7-10-20)35-34-36(31(29)21-11-8-12-23(17-21)42-2)32(38)28(46-34)19-24-14-16-26(45-24)25-15-13-22(37(40)41)18-27(25)43-3/h5-19,31H,4H2,1-3H3/b28-19-/t31-/m1/s1. The van der Waals surface area contributed by atoms with Crippen LogP contribution in [0.1, 0.15) is 29.9 Å². The molecule has 0 N–H and O–H groups in total. The molecule has 0 fully saturated rings. The second-order valence-electron chi connectivity index (χ2n) is 10.1. The molecular weight excluding hydrogens is 610 g/mol. The molecule has 3 heterocycles. The van der Waals surface area contributed by atoms with Crippen molar-refractivity contribution in [3.8, 4) is 22.8 Å². The Morgan fingerprint density at radius 2 is 1.85 bits per heavy atom. The van der Waals surface area contributed by atoms with Crippen LogP contribution in [0.5, 0.6) is 11.5 Å². The van der Waals surface area contributed by atoms with E-state index in [0.717, 1.165) is 11.3 Å². The minimum absolute atomic E-state index is 0.115. The molecule has 0 saturated carbocycles. The Bertz CT molecular complexity index is 2180. The summed E-state index contributed by atoms with van der Waals surface area (Å²) in [6, 6.07) is 23.2. The zero-order valence-corrected chi connectivity index (χ0v) is 25.8. The molecule has 0 spiro atoms. The Balaban J connectivity index is 1.54. The molecule has 12 heteroatoms. The van der Waals surface area contributed by atoms with Crippen LogP contribution in [0.3, 0.4) is 0 Å². The SMILES string of the molecule is CCOC(=O)C1=C(c2ccccc2)N=c2s/c(=C\c3ccc(-c4ccc([N+](=O)[O-])cc4OC)o3)c(=O)n2[C@@H]1c1cccc(OC)c1. The Morgan fingerprint density at radius 3 is 2.57 bits per heavy atom. The summed E-state index contributed by atoms with van der Waals surface area (Å²) in [6.45, 7) is 1.86. The molecule has 0 saturated heterocycles.